The lowest BCUT2D eigenvalue weighted by Crippen LogP contribution is -2.46. The Balaban J connectivity index is 1.34. The van der Waals surface area contributed by atoms with Gasteiger partial charge in [-0.15, -0.1) is 0 Å². The van der Waals surface area contributed by atoms with Gasteiger partial charge in [0.1, 0.15) is 12.6 Å². The van der Waals surface area contributed by atoms with Crippen LogP contribution in [0, 0.1) is 12.8 Å². The molecule has 0 spiro atoms. The van der Waals surface area contributed by atoms with Crippen LogP contribution in [0.25, 0.3) is 0 Å². The molecule has 1 amide bonds. The number of benzene rings is 2. The summed E-state index contributed by atoms with van der Waals surface area (Å²) in [6, 6.07) is 10.7. The van der Waals surface area contributed by atoms with Crippen molar-refractivity contribution >= 4 is 24.5 Å². The first-order valence-electron chi connectivity index (χ1n) is 12.1. The molecule has 2 heterocycles. The summed E-state index contributed by atoms with van der Waals surface area (Å²) >= 11 is 0. The van der Waals surface area contributed by atoms with Gasteiger partial charge in [-0.1, -0.05) is 44.2 Å². The van der Waals surface area contributed by atoms with Crippen LogP contribution in [-0.2, 0) is 38.7 Å². The van der Waals surface area contributed by atoms with Crippen molar-refractivity contribution in [2.45, 2.75) is 46.6 Å². The Morgan fingerprint density at radius 3 is 2.49 bits per heavy atom. The monoisotopic (exact) mass is 480 g/mol. The molecule has 2 aromatic rings. The van der Waals surface area contributed by atoms with Crippen LogP contribution in [0.5, 0.6) is 0 Å². The number of fused-ring (bicyclic) bond motifs is 1. The Morgan fingerprint density at radius 2 is 1.80 bits per heavy atom. The second-order valence-electron chi connectivity index (χ2n) is 9.48. The first-order valence-corrected chi connectivity index (χ1v) is 12.1. The smallest absolute Gasteiger partial charge is 0.459 e. The summed E-state index contributed by atoms with van der Waals surface area (Å²) in [4.78, 5) is 28.2. The quantitative estimate of drug-likeness (QED) is 0.437. The summed E-state index contributed by atoms with van der Waals surface area (Å²) in [5.74, 6) is -1.02. The van der Waals surface area contributed by atoms with Crippen molar-refractivity contribution in [1.29, 1.82) is 0 Å². The van der Waals surface area contributed by atoms with Crippen LogP contribution in [0.2, 0.25) is 0 Å². The Kier molecular flexibility index (Phi) is 8.23. The molecule has 1 fully saturated rings. The Labute approximate surface area is 206 Å². The maximum absolute atomic E-state index is 13.0. The average Bonchev–Trinajstić information content (AvgIpc) is 3.24. The lowest BCUT2D eigenvalue weighted by atomic mass is 9.75. The van der Waals surface area contributed by atoms with E-state index in [0.717, 1.165) is 44.0 Å². The summed E-state index contributed by atoms with van der Waals surface area (Å²) < 4.78 is 16.2. The molecule has 1 atom stereocenters. The highest BCUT2D eigenvalue weighted by Crippen LogP contribution is 2.17. The molecule has 9 heteroatoms. The van der Waals surface area contributed by atoms with Crippen molar-refractivity contribution in [1.82, 2.24) is 10.2 Å². The van der Waals surface area contributed by atoms with Gasteiger partial charge in [-0.2, -0.15) is 0 Å². The number of morpholine rings is 1. The minimum atomic E-state index is -1.04. The predicted octanol–water partition coefficient (Wildman–Crippen LogP) is 1.54. The van der Waals surface area contributed by atoms with E-state index in [0.29, 0.717) is 23.2 Å². The lowest BCUT2D eigenvalue weighted by molar-refractivity contribution is -0.148. The largest absolute Gasteiger partial charge is 0.492 e. The second kappa shape index (κ2) is 11.3. The number of hydrogen-bond donors (Lipinski definition) is 2. The van der Waals surface area contributed by atoms with E-state index in [1.165, 1.54) is 5.56 Å². The zero-order valence-corrected chi connectivity index (χ0v) is 20.6. The number of rotatable bonds is 8. The zero-order chi connectivity index (χ0) is 24.9. The molecule has 8 nitrogen and oxygen atoms in total. The van der Waals surface area contributed by atoms with Crippen LogP contribution in [0.3, 0.4) is 0 Å². The number of ether oxygens (including phenoxy) is 2. The van der Waals surface area contributed by atoms with E-state index in [-0.39, 0.29) is 18.4 Å². The van der Waals surface area contributed by atoms with E-state index in [1.807, 2.05) is 26.0 Å². The first kappa shape index (κ1) is 25.4. The van der Waals surface area contributed by atoms with Crippen molar-refractivity contribution in [3.8, 4) is 0 Å². The molecule has 0 aromatic heterocycles. The van der Waals surface area contributed by atoms with Crippen molar-refractivity contribution in [3.05, 3.63) is 64.2 Å². The van der Waals surface area contributed by atoms with E-state index >= 15 is 0 Å². The molecule has 35 heavy (non-hydrogen) atoms. The third kappa shape index (κ3) is 6.11. The fourth-order valence-electron chi connectivity index (χ4n) is 4.47. The van der Waals surface area contributed by atoms with Gasteiger partial charge in [0.2, 0.25) is 0 Å². The number of amides is 1. The minimum absolute atomic E-state index is 0.136. The van der Waals surface area contributed by atoms with Gasteiger partial charge >= 0.3 is 13.1 Å². The van der Waals surface area contributed by atoms with Crippen LogP contribution in [0.1, 0.15) is 46.5 Å². The Morgan fingerprint density at radius 1 is 1.11 bits per heavy atom. The van der Waals surface area contributed by atoms with Gasteiger partial charge in [0, 0.05) is 25.2 Å². The summed E-state index contributed by atoms with van der Waals surface area (Å²) in [5, 5.41) is 12.9. The third-order valence-electron chi connectivity index (χ3n) is 6.61. The highest BCUT2D eigenvalue weighted by atomic mass is 16.5. The topological polar surface area (TPSA) is 97.3 Å². The minimum Gasteiger partial charge on any atom is -0.459 e. The molecule has 0 unspecified atom stereocenters. The molecule has 0 aliphatic carbocycles. The normalized spacial score (nSPS) is 16.8. The second-order valence-corrected chi connectivity index (χ2v) is 9.48. The van der Waals surface area contributed by atoms with Crippen LogP contribution < -0.4 is 10.8 Å². The number of carbonyl (C=O) groups is 2. The molecule has 2 aliphatic rings. The van der Waals surface area contributed by atoms with Crippen molar-refractivity contribution < 1.29 is 28.7 Å². The van der Waals surface area contributed by atoms with Gasteiger partial charge in [0.25, 0.3) is 5.91 Å². The van der Waals surface area contributed by atoms with Crippen molar-refractivity contribution in [3.63, 3.8) is 0 Å². The van der Waals surface area contributed by atoms with E-state index < -0.39 is 19.1 Å². The highest BCUT2D eigenvalue weighted by molar-refractivity contribution is 6.62. The Bertz CT molecular complexity index is 1050. The fourth-order valence-corrected chi connectivity index (χ4v) is 4.47. The number of esters is 1. The molecule has 2 aromatic carbocycles. The van der Waals surface area contributed by atoms with Crippen LogP contribution in [0.15, 0.2) is 36.4 Å². The summed E-state index contributed by atoms with van der Waals surface area (Å²) in [6.07, 6.45) is 0. The van der Waals surface area contributed by atoms with Gasteiger partial charge in [-0.05, 0) is 46.6 Å². The maximum Gasteiger partial charge on any atom is 0.492 e. The molecule has 1 saturated heterocycles. The summed E-state index contributed by atoms with van der Waals surface area (Å²) in [7, 11) is -1.04. The molecule has 2 aliphatic heterocycles. The van der Waals surface area contributed by atoms with Gasteiger partial charge < -0.3 is 24.5 Å². The van der Waals surface area contributed by atoms with Crippen LogP contribution >= 0.6 is 0 Å². The van der Waals surface area contributed by atoms with Gasteiger partial charge in [0.05, 0.1) is 19.8 Å². The SMILES string of the molecule is Cc1c(C(=O)N[C@H](C(=O)OCc2ccc(CN3CCOCC3)cc2)C(C)C)ccc2c1B(O)OC2. The molecular weight excluding hydrogens is 447 g/mol. The van der Waals surface area contributed by atoms with Crippen LogP contribution in [-0.4, -0.2) is 61.3 Å². The van der Waals surface area contributed by atoms with Crippen molar-refractivity contribution in [2.75, 3.05) is 26.3 Å². The molecule has 0 bridgehead atoms. The highest BCUT2D eigenvalue weighted by Gasteiger charge is 2.32. The van der Waals surface area contributed by atoms with E-state index in [9.17, 15) is 14.6 Å². The number of nitrogens with zero attached hydrogens (tertiary/aromatic N) is 1. The van der Waals surface area contributed by atoms with Gasteiger partial charge in [-0.3, -0.25) is 9.69 Å². The van der Waals surface area contributed by atoms with Crippen LogP contribution in [0.4, 0.5) is 0 Å². The number of carbonyl (C=O) groups excluding carboxylic acids is 2. The zero-order valence-electron chi connectivity index (χ0n) is 20.6. The fraction of sp³-hybridized carbons (Fsp3) is 0.462. The summed E-state index contributed by atoms with van der Waals surface area (Å²) in [6.45, 7) is 10.2. The molecule has 2 N–H and O–H groups in total. The molecule has 0 radical (unpaired) electrons. The molecule has 186 valence electrons. The molecular formula is C26H33BN2O6. The van der Waals surface area contributed by atoms with Gasteiger partial charge in [0.15, 0.2) is 0 Å². The van der Waals surface area contributed by atoms with E-state index in [4.69, 9.17) is 14.1 Å². The number of nitrogens with one attached hydrogen (secondary N) is 1. The maximum atomic E-state index is 13.0. The van der Waals surface area contributed by atoms with Crippen molar-refractivity contribution in [2.24, 2.45) is 5.92 Å². The van der Waals surface area contributed by atoms with E-state index in [1.54, 1.807) is 19.1 Å². The first-order chi connectivity index (χ1) is 16.8. The molecule has 0 saturated carbocycles. The number of hydrogen-bond acceptors (Lipinski definition) is 7. The van der Waals surface area contributed by atoms with Gasteiger partial charge in [-0.25, -0.2) is 4.79 Å². The average molecular weight is 480 g/mol. The summed E-state index contributed by atoms with van der Waals surface area (Å²) in [5.41, 5.74) is 4.64. The third-order valence-corrected chi connectivity index (χ3v) is 6.61. The standard InChI is InChI=1S/C26H33BN2O6/c1-17(2)24(28-25(30)22-9-8-21-16-35-27(32)23(21)18(22)3)26(31)34-15-20-6-4-19(5-7-20)14-29-10-12-33-13-11-29/h4-9,17,24,32H,10-16H2,1-3H3,(H,28,30)/t24-/m0/s1. The lowest BCUT2D eigenvalue weighted by Gasteiger charge is -2.26. The predicted molar refractivity (Wildman–Crippen MR) is 132 cm³/mol. The Hall–Kier alpha value is -2.72. The molecule has 4 rings (SSSR count). The van der Waals surface area contributed by atoms with E-state index in [2.05, 4.69) is 22.3 Å².